The molecule has 3 rings (SSSR count). The van der Waals surface area contributed by atoms with Gasteiger partial charge in [0.2, 0.25) is 0 Å². The van der Waals surface area contributed by atoms with E-state index in [1.165, 1.54) is 0 Å². The second kappa shape index (κ2) is 12.4. The van der Waals surface area contributed by atoms with Gasteiger partial charge in [-0.3, -0.25) is 9.48 Å². The lowest BCUT2D eigenvalue weighted by atomic mass is 9.92. The maximum Gasteiger partial charge on any atom is 0.410 e. The zero-order valence-electron chi connectivity index (χ0n) is 21.6. The van der Waals surface area contributed by atoms with E-state index >= 15 is 0 Å². The number of aryl methyl sites for hydroxylation is 1. The van der Waals surface area contributed by atoms with Crippen molar-refractivity contribution in [1.29, 1.82) is 0 Å². The van der Waals surface area contributed by atoms with E-state index in [9.17, 15) is 14.7 Å². The number of aliphatic hydroxyl groups is 1. The fraction of sp³-hybridized carbons (Fsp3) is 0.654. The molecule has 0 saturated carbocycles. The van der Waals surface area contributed by atoms with Crippen molar-refractivity contribution in [2.75, 3.05) is 33.2 Å². The van der Waals surface area contributed by atoms with E-state index in [4.69, 9.17) is 9.47 Å². The Hall–Kier alpha value is -2.65. The normalized spacial score (nSPS) is 30.7. The number of esters is 1. The van der Waals surface area contributed by atoms with Gasteiger partial charge in [0.15, 0.2) is 0 Å². The van der Waals surface area contributed by atoms with Crippen molar-refractivity contribution in [3.63, 3.8) is 0 Å². The minimum atomic E-state index is -0.805. The lowest BCUT2D eigenvalue weighted by Gasteiger charge is -2.33. The average Bonchev–Trinajstić information content (AvgIpc) is 3.22. The topological polar surface area (TPSA) is 97.1 Å². The van der Waals surface area contributed by atoms with Gasteiger partial charge in [-0.15, -0.1) is 0 Å². The zero-order valence-corrected chi connectivity index (χ0v) is 21.6. The highest BCUT2D eigenvalue weighted by molar-refractivity contribution is 5.71. The van der Waals surface area contributed by atoms with Gasteiger partial charge in [0, 0.05) is 50.9 Å². The van der Waals surface area contributed by atoms with Gasteiger partial charge < -0.3 is 24.4 Å². The number of aliphatic hydroxyl groups excluding tert-OH is 1. The predicted octanol–water partition coefficient (Wildman–Crippen LogP) is 2.86. The molecule has 9 nitrogen and oxygen atoms in total. The molecular formula is C26H40N4O5. The summed E-state index contributed by atoms with van der Waals surface area (Å²) in [5, 5.41) is 14.6. The number of cyclic esters (lactones) is 1. The predicted molar refractivity (Wildman–Crippen MR) is 133 cm³/mol. The van der Waals surface area contributed by atoms with Crippen LogP contribution in [0, 0.1) is 11.8 Å². The molecule has 5 atom stereocenters. The number of carbonyl (C=O) groups excluding carboxylic acids is 2. The largest absolute Gasteiger partial charge is 0.457 e. The summed E-state index contributed by atoms with van der Waals surface area (Å²) in [4.78, 5) is 29.4. The van der Waals surface area contributed by atoms with Crippen LogP contribution < -0.4 is 0 Å². The Balaban J connectivity index is 1.80. The molecule has 1 amide bonds. The van der Waals surface area contributed by atoms with Crippen molar-refractivity contribution in [2.45, 2.75) is 58.3 Å². The number of likely N-dealkylation sites (N-methyl/N-ethyl adjacent to an activating group) is 1. The molecule has 194 valence electrons. The van der Waals surface area contributed by atoms with Crippen molar-refractivity contribution >= 4 is 18.1 Å². The Morgan fingerprint density at radius 1 is 1.17 bits per heavy atom. The molecule has 0 aliphatic carbocycles. The van der Waals surface area contributed by atoms with E-state index in [2.05, 4.69) is 10.00 Å². The molecule has 2 aliphatic rings. The fourth-order valence-corrected chi connectivity index (χ4v) is 4.49. The average molecular weight is 489 g/mol. The molecule has 3 heterocycles. The molecule has 0 unspecified atom stereocenters. The van der Waals surface area contributed by atoms with Crippen LogP contribution in [0.5, 0.6) is 0 Å². The number of rotatable bonds is 3. The summed E-state index contributed by atoms with van der Waals surface area (Å²) < 4.78 is 13.5. The number of hydrogen-bond acceptors (Lipinski definition) is 7. The van der Waals surface area contributed by atoms with Gasteiger partial charge in [0.1, 0.15) is 12.2 Å². The summed E-state index contributed by atoms with van der Waals surface area (Å²) in [6, 6.07) is 0. The van der Waals surface area contributed by atoms with Gasteiger partial charge in [-0.2, -0.15) is 5.10 Å². The summed E-state index contributed by atoms with van der Waals surface area (Å²) in [7, 11) is 3.89. The number of hydrogen-bond donors (Lipinski definition) is 1. The first-order valence-corrected chi connectivity index (χ1v) is 12.5. The minimum Gasteiger partial charge on any atom is -0.457 e. The maximum atomic E-state index is 12.9. The van der Waals surface area contributed by atoms with Crippen molar-refractivity contribution in [2.24, 2.45) is 18.9 Å². The van der Waals surface area contributed by atoms with Gasteiger partial charge >= 0.3 is 12.1 Å². The van der Waals surface area contributed by atoms with Crippen LogP contribution in [0.3, 0.4) is 0 Å². The van der Waals surface area contributed by atoms with E-state index < -0.39 is 24.3 Å². The van der Waals surface area contributed by atoms with E-state index in [-0.39, 0.29) is 24.3 Å². The van der Waals surface area contributed by atoms with Crippen molar-refractivity contribution < 1.29 is 24.2 Å². The number of carbonyl (C=O) groups is 2. The van der Waals surface area contributed by atoms with Gasteiger partial charge in [-0.25, -0.2) is 4.79 Å². The first kappa shape index (κ1) is 26.9. The smallest absolute Gasteiger partial charge is 0.410 e. The Labute approximate surface area is 208 Å². The molecule has 2 aliphatic heterocycles. The molecule has 1 fully saturated rings. The number of nitrogens with zero attached hydrogens (tertiary/aromatic N) is 4. The highest BCUT2D eigenvalue weighted by Gasteiger charge is 2.29. The van der Waals surface area contributed by atoms with Gasteiger partial charge in [0.25, 0.3) is 0 Å². The Kier molecular flexibility index (Phi) is 9.51. The maximum absolute atomic E-state index is 12.9. The number of aromatic nitrogens is 2. The van der Waals surface area contributed by atoms with Crippen LogP contribution in [0.1, 0.15) is 45.6 Å². The zero-order chi connectivity index (χ0) is 25.5. The minimum absolute atomic E-state index is 0.00885. The molecule has 9 heteroatoms. The van der Waals surface area contributed by atoms with Crippen LogP contribution in [-0.4, -0.2) is 88.3 Å². The van der Waals surface area contributed by atoms with E-state index in [0.717, 1.165) is 24.2 Å². The van der Waals surface area contributed by atoms with Crippen molar-refractivity contribution in [3.8, 4) is 0 Å². The summed E-state index contributed by atoms with van der Waals surface area (Å²) in [5.74, 6) is -0.598. The van der Waals surface area contributed by atoms with Crippen molar-refractivity contribution in [3.05, 3.63) is 35.7 Å². The molecule has 0 spiro atoms. The van der Waals surface area contributed by atoms with E-state index in [1.807, 2.05) is 59.3 Å². The second-order valence-corrected chi connectivity index (χ2v) is 10.0. The van der Waals surface area contributed by atoms with Crippen LogP contribution in [0.25, 0.3) is 6.08 Å². The van der Waals surface area contributed by atoms with E-state index in [1.54, 1.807) is 15.8 Å². The lowest BCUT2D eigenvalue weighted by molar-refractivity contribution is -0.151. The Morgan fingerprint density at radius 2 is 1.89 bits per heavy atom. The summed E-state index contributed by atoms with van der Waals surface area (Å²) in [6.45, 7) is 8.84. The highest BCUT2D eigenvalue weighted by atomic mass is 16.6. The quantitative estimate of drug-likeness (QED) is 0.516. The molecule has 0 radical (unpaired) electrons. The molecule has 1 aromatic heterocycles. The summed E-state index contributed by atoms with van der Waals surface area (Å²) >= 11 is 0. The van der Waals surface area contributed by atoms with Crippen LogP contribution in [0.4, 0.5) is 4.79 Å². The first-order chi connectivity index (χ1) is 16.6. The monoisotopic (exact) mass is 488 g/mol. The van der Waals surface area contributed by atoms with Gasteiger partial charge in [-0.1, -0.05) is 19.9 Å². The number of ether oxygens (including phenoxy) is 2. The van der Waals surface area contributed by atoms with Gasteiger partial charge in [0.05, 0.1) is 18.7 Å². The summed E-state index contributed by atoms with van der Waals surface area (Å²) in [5.41, 5.74) is 1.78. The highest BCUT2D eigenvalue weighted by Crippen LogP contribution is 2.25. The number of piperazine rings is 1. The molecule has 0 aromatic carbocycles. The SMILES string of the molecule is C/C(=C\c1cnn(C)c1)[C@H]1OC(=O)C[C@H](O)CC[C@H](C)[C@@H](OC(=O)N2CCN(C)CC2)/C=C/[C@@H]1C. The molecule has 35 heavy (non-hydrogen) atoms. The fourth-order valence-electron chi connectivity index (χ4n) is 4.49. The second-order valence-electron chi connectivity index (χ2n) is 10.0. The van der Waals surface area contributed by atoms with Crippen LogP contribution >= 0.6 is 0 Å². The summed E-state index contributed by atoms with van der Waals surface area (Å²) in [6.07, 6.45) is 8.39. The Morgan fingerprint density at radius 3 is 2.54 bits per heavy atom. The molecule has 1 saturated heterocycles. The molecule has 0 bridgehead atoms. The van der Waals surface area contributed by atoms with E-state index in [0.29, 0.717) is 25.9 Å². The van der Waals surface area contributed by atoms with Gasteiger partial charge in [-0.05, 0) is 50.5 Å². The third-order valence-electron chi connectivity index (χ3n) is 6.83. The van der Waals surface area contributed by atoms with Crippen LogP contribution in [0.15, 0.2) is 30.1 Å². The molecular weight excluding hydrogens is 448 g/mol. The van der Waals surface area contributed by atoms with Crippen LogP contribution in [0.2, 0.25) is 0 Å². The number of amides is 1. The van der Waals surface area contributed by atoms with Crippen LogP contribution in [-0.2, 0) is 21.3 Å². The standard InChI is InChI=1S/C26H40N4O5/c1-18-6-8-22(31)15-24(32)35-25(20(3)14-21-16-27-29(5)17-21)19(2)7-9-23(18)34-26(33)30-12-10-28(4)11-13-30/h7,9,14,16-19,22-23,25,31H,6,8,10-13,15H2,1-5H3/b9-7+,20-14+/t18-,19-,22+,23-,25-/m0/s1. The molecule has 1 N–H and O–H groups in total. The van der Waals surface area contributed by atoms with Crippen molar-refractivity contribution in [1.82, 2.24) is 19.6 Å². The molecule has 1 aromatic rings. The first-order valence-electron chi connectivity index (χ1n) is 12.5. The lowest BCUT2D eigenvalue weighted by Crippen LogP contribution is -2.48. The third-order valence-corrected chi connectivity index (χ3v) is 6.83. The third kappa shape index (κ3) is 7.93. The Bertz CT molecular complexity index is 919.